The molecule has 142 valence electrons. The maximum absolute atomic E-state index is 11.5. The minimum atomic E-state index is -3.27. The second-order valence-electron chi connectivity index (χ2n) is 5.34. The summed E-state index contributed by atoms with van der Waals surface area (Å²) in [4.78, 5) is 4.28. The first-order chi connectivity index (χ1) is 11.9. The SMILES string of the molecule is CNS(=O)(=O)Cc1ccc(CN=C(N)Nc2cccc(OC)c2)cc1.I. The Bertz CT molecular complexity index is 839. The Balaban J connectivity index is 0.00000338. The Morgan fingerprint density at radius 2 is 1.81 bits per heavy atom. The van der Waals surface area contributed by atoms with Gasteiger partial charge in [0, 0.05) is 11.8 Å². The number of anilines is 1. The van der Waals surface area contributed by atoms with Crippen LogP contribution in [0.15, 0.2) is 53.5 Å². The van der Waals surface area contributed by atoms with Gasteiger partial charge in [-0.3, -0.25) is 0 Å². The van der Waals surface area contributed by atoms with Gasteiger partial charge in [-0.2, -0.15) is 0 Å². The third-order valence-corrected chi connectivity index (χ3v) is 4.80. The molecule has 0 radical (unpaired) electrons. The average molecular weight is 490 g/mol. The minimum Gasteiger partial charge on any atom is -0.497 e. The van der Waals surface area contributed by atoms with Crippen LogP contribution in [0.5, 0.6) is 5.75 Å². The van der Waals surface area contributed by atoms with Crippen LogP contribution in [0.4, 0.5) is 5.69 Å². The van der Waals surface area contributed by atoms with E-state index in [1.165, 1.54) is 7.05 Å². The number of nitrogens with one attached hydrogen (secondary N) is 2. The molecule has 0 spiro atoms. The first-order valence-electron chi connectivity index (χ1n) is 7.62. The van der Waals surface area contributed by atoms with Gasteiger partial charge in [-0.05, 0) is 30.3 Å². The number of guanidine groups is 1. The number of ether oxygens (including phenoxy) is 1. The molecule has 2 aromatic rings. The summed E-state index contributed by atoms with van der Waals surface area (Å²) in [5, 5.41) is 3.00. The number of methoxy groups -OCH3 is 1. The predicted molar refractivity (Wildman–Crippen MR) is 115 cm³/mol. The Morgan fingerprint density at radius 3 is 2.42 bits per heavy atom. The number of nitrogens with zero attached hydrogens (tertiary/aromatic N) is 1. The van der Waals surface area contributed by atoms with E-state index in [9.17, 15) is 8.42 Å². The van der Waals surface area contributed by atoms with Crippen molar-refractivity contribution >= 4 is 45.6 Å². The lowest BCUT2D eigenvalue weighted by molar-refractivity contribution is 0.415. The molecule has 0 atom stereocenters. The van der Waals surface area contributed by atoms with Crippen LogP contribution in [0.2, 0.25) is 0 Å². The van der Waals surface area contributed by atoms with E-state index < -0.39 is 10.0 Å². The molecule has 9 heteroatoms. The molecule has 0 saturated heterocycles. The van der Waals surface area contributed by atoms with Crippen molar-refractivity contribution in [1.82, 2.24) is 4.72 Å². The number of hydrogen-bond acceptors (Lipinski definition) is 4. The van der Waals surface area contributed by atoms with E-state index in [1.54, 1.807) is 19.2 Å². The van der Waals surface area contributed by atoms with E-state index in [0.717, 1.165) is 17.0 Å². The first kappa shape index (κ1) is 22.2. The van der Waals surface area contributed by atoms with E-state index in [4.69, 9.17) is 10.5 Å². The number of benzene rings is 2. The van der Waals surface area contributed by atoms with Gasteiger partial charge in [0.2, 0.25) is 10.0 Å². The Labute approximate surface area is 171 Å². The van der Waals surface area contributed by atoms with E-state index in [-0.39, 0.29) is 35.7 Å². The fourth-order valence-corrected chi connectivity index (χ4v) is 2.87. The molecular formula is C17H23IN4O3S. The van der Waals surface area contributed by atoms with Crippen LogP contribution in [0.3, 0.4) is 0 Å². The highest BCUT2D eigenvalue weighted by Crippen LogP contribution is 2.16. The predicted octanol–water partition coefficient (Wildman–Crippen LogP) is 2.29. The summed E-state index contributed by atoms with van der Waals surface area (Å²) in [6.45, 7) is 0.391. The van der Waals surface area contributed by atoms with Crippen LogP contribution in [0, 0.1) is 0 Å². The van der Waals surface area contributed by atoms with Crippen molar-refractivity contribution in [1.29, 1.82) is 0 Å². The Morgan fingerprint density at radius 1 is 1.15 bits per heavy atom. The van der Waals surface area contributed by atoms with Crippen molar-refractivity contribution in [3.63, 3.8) is 0 Å². The van der Waals surface area contributed by atoms with Crippen LogP contribution >= 0.6 is 24.0 Å². The summed E-state index contributed by atoms with van der Waals surface area (Å²) in [6, 6.07) is 14.6. The van der Waals surface area contributed by atoms with Crippen LogP contribution in [-0.4, -0.2) is 28.5 Å². The highest BCUT2D eigenvalue weighted by Gasteiger charge is 2.08. The topological polar surface area (TPSA) is 106 Å². The summed E-state index contributed by atoms with van der Waals surface area (Å²) in [5.41, 5.74) is 8.32. The molecule has 0 unspecified atom stereocenters. The minimum absolute atomic E-state index is 0. The van der Waals surface area contributed by atoms with Crippen molar-refractivity contribution in [2.24, 2.45) is 10.7 Å². The Hall–Kier alpha value is -1.85. The van der Waals surface area contributed by atoms with Gasteiger partial charge in [0.15, 0.2) is 5.96 Å². The molecular weight excluding hydrogens is 467 g/mol. The van der Waals surface area contributed by atoms with Crippen molar-refractivity contribution < 1.29 is 13.2 Å². The van der Waals surface area contributed by atoms with Gasteiger partial charge in [-0.1, -0.05) is 30.3 Å². The number of hydrogen-bond donors (Lipinski definition) is 3. The van der Waals surface area contributed by atoms with Crippen molar-refractivity contribution in [2.45, 2.75) is 12.3 Å². The Kier molecular flexibility index (Phi) is 8.82. The van der Waals surface area contributed by atoms with Gasteiger partial charge in [-0.25, -0.2) is 18.1 Å². The van der Waals surface area contributed by atoms with Gasteiger partial charge >= 0.3 is 0 Å². The lowest BCUT2D eigenvalue weighted by Gasteiger charge is -2.07. The average Bonchev–Trinajstić information content (AvgIpc) is 2.61. The molecule has 26 heavy (non-hydrogen) atoms. The molecule has 2 aromatic carbocycles. The van der Waals surface area contributed by atoms with Gasteiger partial charge < -0.3 is 15.8 Å². The zero-order chi connectivity index (χ0) is 18.3. The third kappa shape index (κ3) is 7.18. The molecule has 0 heterocycles. The summed E-state index contributed by atoms with van der Waals surface area (Å²) < 4.78 is 30.5. The van der Waals surface area contributed by atoms with Crippen molar-refractivity contribution in [3.8, 4) is 5.75 Å². The monoisotopic (exact) mass is 490 g/mol. The molecule has 0 aromatic heterocycles. The second-order valence-corrected chi connectivity index (χ2v) is 7.26. The zero-order valence-corrected chi connectivity index (χ0v) is 17.7. The van der Waals surface area contributed by atoms with Crippen molar-refractivity contribution in [2.75, 3.05) is 19.5 Å². The standard InChI is InChI=1S/C17H22N4O3S.HI/c1-19-25(22,23)12-14-8-6-13(7-9-14)11-20-17(18)21-15-4-3-5-16(10-15)24-2;/h3-10,19H,11-12H2,1-2H3,(H3,18,20,21);1H. The number of rotatable bonds is 7. The maximum Gasteiger partial charge on any atom is 0.215 e. The zero-order valence-electron chi connectivity index (χ0n) is 14.6. The third-order valence-electron chi connectivity index (χ3n) is 3.46. The van der Waals surface area contributed by atoms with Gasteiger partial charge in [-0.15, -0.1) is 24.0 Å². The molecule has 0 saturated carbocycles. The molecule has 0 aliphatic carbocycles. The number of sulfonamides is 1. The fourth-order valence-electron chi connectivity index (χ4n) is 2.10. The van der Waals surface area contributed by atoms with E-state index in [1.807, 2.05) is 36.4 Å². The summed E-state index contributed by atoms with van der Waals surface area (Å²) in [7, 11) is -0.271. The molecule has 0 amide bonds. The number of nitrogens with two attached hydrogens (primary N) is 1. The number of halogens is 1. The van der Waals surface area contributed by atoms with Crippen LogP contribution < -0.4 is 20.5 Å². The molecule has 2 rings (SSSR count). The molecule has 0 aliphatic heterocycles. The van der Waals surface area contributed by atoms with Gasteiger partial charge in [0.05, 0.1) is 19.4 Å². The molecule has 0 aliphatic rings. The number of aliphatic imine (C=N–C) groups is 1. The largest absolute Gasteiger partial charge is 0.497 e. The molecule has 0 fully saturated rings. The second kappa shape index (κ2) is 10.3. The smallest absolute Gasteiger partial charge is 0.215 e. The highest BCUT2D eigenvalue weighted by atomic mass is 127. The molecule has 7 nitrogen and oxygen atoms in total. The maximum atomic E-state index is 11.5. The normalized spacial score (nSPS) is 11.5. The van der Waals surface area contributed by atoms with Crippen LogP contribution in [-0.2, 0) is 22.3 Å². The van der Waals surface area contributed by atoms with Gasteiger partial charge in [0.1, 0.15) is 5.75 Å². The van der Waals surface area contributed by atoms with E-state index in [2.05, 4.69) is 15.0 Å². The quantitative estimate of drug-likeness (QED) is 0.314. The van der Waals surface area contributed by atoms with Crippen molar-refractivity contribution in [3.05, 3.63) is 59.7 Å². The van der Waals surface area contributed by atoms with Crippen LogP contribution in [0.25, 0.3) is 0 Å². The van der Waals surface area contributed by atoms with Gasteiger partial charge in [0.25, 0.3) is 0 Å². The van der Waals surface area contributed by atoms with E-state index in [0.29, 0.717) is 12.1 Å². The summed E-state index contributed by atoms with van der Waals surface area (Å²) >= 11 is 0. The lowest BCUT2D eigenvalue weighted by Crippen LogP contribution is -2.22. The van der Waals surface area contributed by atoms with Crippen LogP contribution in [0.1, 0.15) is 11.1 Å². The first-order valence-corrected chi connectivity index (χ1v) is 9.27. The molecule has 4 N–H and O–H groups in total. The summed E-state index contributed by atoms with van der Waals surface area (Å²) in [6.07, 6.45) is 0. The lowest BCUT2D eigenvalue weighted by atomic mass is 10.1. The molecule has 0 bridgehead atoms. The van der Waals surface area contributed by atoms with E-state index >= 15 is 0 Å². The summed E-state index contributed by atoms with van der Waals surface area (Å²) in [5.74, 6) is 0.965. The highest BCUT2D eigenvalue weighted by molar-refractivity contribution is 14.0. The fraction of sp³-hybridized carbons (Fsp3) is 0.235.